The molecule has 1 aliphatic carbocycles. The van der Waals surface area contributed by atoms with Gasteiger partial charge in [0, 0.05) is 24.5 Å². The summed E-state index contributed by atoms with van der Waals surface area (Å²) in [5, 5.41) is 3.19. The van der Waals surface area contributed by atoms with Gasteiger partial charge in [0.15, 0.2) is 0 Å². The fraction of sp³-hybridized carbons (Fsp3) is 0.750. The summed E-state index contributed by atoms with van der Waals surface area (Å²) in [6.07, 6.45) is 6.90. The molecular formula is C12H21N3S. The fourth-order valence-electron chi connectivity index (χ4n) is 2.42. The lowest BCUT2D eigenvalue weighted by Crippen LogP contribution is -2.32. The Morgan fingerprint density at radius 2 is 2.19 bits per heavy atom. The zero-order valence-electron chi connectivity index (χ0n) is 9.98. The van der Waals surface area contributed by atoms with E-state index in [1.807, 2.05) is 0 Å². The molecule has 1 fully saturated rings. The summed E-state index contributed by atoms with van der Waals surface area (Å²) in [5.74, 6) is 0. The summed E-state index contributed by atoms with van der Waals surface area (Å²) < 4.78 is 0. The molecule has 0 saturated heterocycles. The highest BCUT2D eigenvalue weighted by atomic mass is 32.1. The van der Waals surface area contributed by atoms with Crippen molar-refractivity contribution >= 4 is 11.3 Å². The van der Waals surface area contributed by atoms with E-state index in [-0.39, 0.29) is 0 Å². The molecule has 1 saturated carbocycles. The van der Waals surface area contributed by atoms with Crippen molar-refractivity contribution in [2.45, 2.75) is 51.2 Å². The molecule has 2 rings (SSSR count). The molecular weight excluding hydrogens is 218 g/mol. The second-order valence-corrected chi connectivity index (χ2v) is 5.59. The van der Waals surface area contributed by atoms with E-state index in [1.165, 1.54) is 37.8 Å². The van der Waals surface area contributed by atoms with Crippen LogP contribution in [0.2, 0.25) is 0 Å². The maximum Gasteiger partial charge on any atom is 0.106 e. The van der Waals surface area contributed by atoms with E-state index >= 15 is 0 Å². The van der Waals surface area contributed by atoms with Crippen LogP contribution in [0, 0.1) is 0 Å². The summed E-state index contributed by atoms with van der Waals surface area (Å²) in [6.45, 7) is 1.54. The maximum atomic E-state index is 5.57. The van der Waals surface area contributed by atoms with E-state index in [0.29, 0.717) is 6.54 Å². The second-order valence-electron chi connectivity index (χ2n) is 4.64. The summed E-state index contributed by atoms with van der Waals surface area (Å²) in [4.78, 5) is 6.97. The van der Waals surface area contributed by atoms with E-state index in [1.54, 1.807) is 11.3 Å². The molecule has 0 radical (unpaired) electrons. The number of thiazole rings is 1. The van der Waals surface area contributed by atoms with E-state index < -0.39 is 0 Å². The molecule has 90 valence electrons. The van der Waals surface area contributed by atoms with Crippen LogP contribution in [0.4, 0.5) is 0 Å². The van der Waals surface area contributed by atoms with Crippen molar-refractivity contribution in [3.05, 3.63) is 16.1 Å². The van der Waals surface area contributed by atoms with Gasteiger partial charge in [-0.25, -0.2) is 4.98 Å². The van der Waals surface area contributed by atoms with Gasteiger partial charge in [-0.3, -0.25) is 4.90 Å². The molecule has 0 aromatic carbocycles. The lowest BCUT2D eigenvalue weighted by Gasteiger charge is -2.30. The van der Waals surface area contributed by atoms with E-state index in [2.05, 4.69) is 22.3 Å². The van der Waals surface area contributed by atoms with Crippen molar-refractivity contribution in [1.29, 1.82) is 0 Å². The number of hydrogen-bond acceptors (Lipinski definition) is 4. The molecule has 16 heavy (non-hydrogen) atoms. The minimum atomic E-state index is 0.567. The minimum absolute atomic E-state index is 0.567. The Labute approximate surface area is 102 Å². The summed E-state index contributed by atoms with van der Waals surface area (Å²) in [7, 11) is 2.22. The van der Waals surface area contributed by atoms with Crippen LogP contribution in [0.3, 0.4) is 0 Å². The smallest absolute Gasteiger partial charge is 0.106 e. The first-order valence-electron chi connectivity index (χ1n) is 6.13. The van der Waals surface area contributed by atoms with E-state index in [4.69, 9.17) is 5.73 Å². The first-order chi connectivity index (χ1) is 7.79. The van der Waals surface area contributed by atoms with Crippen molar-refractivity contribution in [2.24, 2.45) is 5.73 Å². The quantitative estimate of drug-likeness (QED) is 0.877. The standard InChI is InChI=1S/C12H21N3S/c1-15(11-5-3-2-4-6-11)8-10-9-16-12(7-13)14-10/h9,11H,2-8,13H2,1H3. The molecule has 1 aromatic rings. The van der Waals surface area contributed by atoms with E-state index in [9.17, 15) is 0 Å². The highest BCUT2D eigenvalue weighted by Crippen LogP contribution is 2.23. The monoisotopic (exact) mass is 239 g/mol. The highest BCUT2D eigenvalue weighted by molar-refractivity contribution is 7.09. The zero-order chi connectivity index (χ0) is 11.4. The fourth-order valence-corrected chi connectivity index (χ4v) is 3.09. The van der Waals surface area contributed by atoms with Crippen molar-refractivity contribution in [3.63, 3.8) is 0 Å². The van der Waals surface area contributed by atoms with Crippen LogP contribution in [-0.4, -0.2) is 23.0 Å². The third kappa shape index (κ3) is 3.03. The molecule has 0 spiro atoms. The molecule has 3 nitrogen and oxygen atoms in total. The number of nitrogens with two attached hydrogens (primary N) is 1. The van der Waals surface area contributed by atoms with Crippen molar-refractivity contribution in [3.8, 4) is 0 Å². The van der Waals surface area contributed by atoms with Gasteiger partial charge in [0.2, 0.25) is 0 Å². The maximum absolute atomic E-state index is 5.57. The minimum Gasteiger partial charge on any atom is -0.325 e. The highest BCUT2D eigenvalue weighted by Gasteiger charge is 2.18. The van der Waals surface area contributed by atoms with Crippen molar-refractivity contribution in [2.75, 3.05) is 7.05 Å². The molecule has 2 N–H and O–H groups in total. The molecule has 1 aliphatic rings. The molecule has 1 heterocycles. The van der Waals surface area contributed by atoms with Gasteiger partial charge < -0.3 is 5.73 Å². The van der Waals surface area contributed by atoms with Crippen molar-refractivity contribution < 1.29 is 0 Å². The normalized spacial score (nSPS) is 18.2. The molecule has 1 aromatic heterocycles. The molecule has 4 heteroatoms. The molecule has 0 bridgehead atoms. The third-order valence-electron chi connectivity index (χ3n) is 3.38. The van der Waals surface area contributed by atoms with Crippen LogP contribution in [-0.2, 0) is 13.1 Å². The van der Waals surface area contributed by atoms with Gasteiger partial charge >= 0.3 is 0 Å². The topological polar surface area (TPSA) is 42.1 Å². The average Bonchev–Trinajstić information content (AvgIpc) is 2.78. The van der Waals surface area contributed by atoms with Crippen LogP contribution in [0.25, 0.3) is 0 Å². The molecule has 0 unspecified atom stereocenters. The predicted octanol–water partition coefficient (Wildman–Crippen LogP) is 2.37. The van der Waals surface area contributed by atoms with Gasteiger partial charge in [0.1, 0.15) is 5.01 Å². The van der Waals surface area contributed by atoms with Gasteiger partial charge in [0.05, 0.1) is 5.69 Å². The van der Waals surface area contributed by atoms with E-state index in [0.717, 1.165) is 17.6 Å². The number of aromatic nitrogens is 1. The first kappa shape index (κ1) is 12.0. The van der Waals surface area contributed by atoms with Crippen molar-refractivity contribution in [1.82, 2.24) is 9.88 Å². The zero-order valence-corrected chi connectivity index (χ0v) is 10.8. The summed E-state index contributed by atoms with van der Waals surface area (Å²) in [5.41, 5.74) is 6.75. The summed E-state index contributed by atoms with van der Waals surface area (Å²) >= 11 is 1.68. The number of hydrogen-bond donors (Lipinski definition) is 1. The van der Waals surface area contributed by atoms with Crippen LogP contribution < -0.4 is 5.73 Å². The Balaban J connectivity index is 1.87. The lowest BCUT2D eigenvalue weighted by molar-refractivity contribution is 0.183. The Hall–Kier alpha value is -0.450. The van der Waals surface area contributed by atoms with Crippen LogP contribution >= 0.6 is 11.3 Å². The SMILES string of the molecule is CN(Cc1csc(CN)n1)C1CCCCC1. The van der Waals surface area contributed by atoms with Gasteiger partial charge in [-0.1, -0.05) is 19.3 Å². The Bertz CT molecular complexity index is 318. The lowest BCUT2D eigenvalue weighted by atomic mass is 9.94. The average molecular weight is 239 g/mol. The Morgan fingerprint density at radius 1 is 1.44 bits per heavy atom. The van der Waals surface area contributed by atoms with Gasteiger partial charge in [-0.2, -0.15) is 0 Å². The largest absolute Gasteiger partial charge is 0.325 e. The van der Waals surface area contributed by atoms with Gasteiger partial charge in [0.25, 0.3) is 0 Å². The third-order valence-corrected chi connectivity index (χ3v) is 4.30. The molecule has 0 aliphatic heterocycles. The Kier molecular flexibility index (Phi) is 4.32. The first-order valence-corrected chi connectivity index (χ1v) is 7.01. The van der Waals surface area contributed by atoms with Gasteiger partial charge in [-0.05, 0) is 19.9 Å². The van der Waals surface area contributed by atoms with Crippen LogP contribution in [0.15, 0.2) is 5.38 Å². The van der Waals surface area contributed by atoms with Crippen LogP contribution in [0.1, 0.15) is 42.8 Å². The van der Waals surface area contributed by atoms with Crippen LogP contribution in [0.5, 0.6) is 0 Å². The predicted molar refractivity (Wildman–Crippen MR) is 68.3 cm³/mol. The summed E-state index contributed by atoms with van der Waals surface area (Å²) in [6, 6.07) is 0.761. The molecule has 0 amide bonds. The van der Waals surface area contributed by atoms with Gasteiger partial charge in [-0.15, -0.1) is 11.3 Å². The Morgan fingerprint density at radius 3 is 2.81 bits per heavy atom. The second kappa shape index (κ2) is 5.75. The number of nitrogens with zero attached hydrogens (tertiary/aromatic N) is 2. The number of rotatable bonds is 4. The molecule has 0 atom stereocenters.